The van der Waals surface area contributed by atoms with E-state index in [9.17, 15) is 28.8 Å². The number of pyridine rings is 1. The number of benzene rings is 3. The minimum atomic E-state index is -0.971. The van der Waals surface area contributed by atoms with Crippen LogP contribution in [0.2, 0.25) is 0 Å². The molecule has 1 atom stereocenters. The van der Waals surface area contributed by atoms with Gasteiger partial charge in [-0.05, 0) is 130 Å². The van der Waals surface area contributed by atoms with Gasteiger partial charge in [0.1, 0.15) is 6.04 Å². The lowest BCUT2D eigenvalue weighted by Crippen LogP contribution is -2.54. The van der Waals surface area contributed by atoms with Gasteiger partial charge >= 0.3 is 0 Å². The molecule has 9 rings (SSSR count). The van der Waals surface area contributed by atoms with Gasteiger partial charge in [-0.1, -0.05) is 24.3 Å². The average Bonchev–Trinajstić information content (AvgIpc) is 3.58. The molecule has 0 spiro atoms. The maximum absolute atomic E-state index is 14.0. The molecular weight excluding hydrogens is 861 g/mol. The van der Waals surface area contributed by atoms with Crippen molar-refractivity contribution in [1.82, 2.24) is 30.3 Å². The van der Waals surface area contributed by atoms with E-state index in [1.807, 2.05) is 39.0 Å². The van der Waals surface area contributed by atoms with Crippen molar-refractivity contribution in [2.45, 2.75) is 91.4 Å². The second kappa shape index (κ2) is 20.2. The number of nitrogens with one attached hydrogen (secondary N) is 3. The van der Waals surface area contributed by atoms with Gasteiger partial charge in [-0.25, -0.2) is 0 Å². The Kier molecular flexibility index (Phi) is 13.9. The quantitative estimate of drug-likeness (QED) is 0.148. The number of piperidine rings is 2. The summed E-state index contributed by atoms with van der Waals surface area (Å²) in [5, 5.41) is 5.32. The summed E-state index contributed by atoms with van der Waals surface area (Å²) in [6.45, 7) is 18.0. The van der Waals surface area contributed by atoms with E-state index in [2.05, 4.69) is 72.5 Å². The van der Waals surface area contributed by atoms with Crippen LogP contribution in [0.3, 0.4) is 0 Å². The fourth-order valence-corrected chi connectivity index (χ4v) is 11.0. The Hall–Kier alpha value is -6.16. The molecule has 5 amide bonds. The van der Waals surface area contributed by atoms with E-state index in [0.29, 0.717) is 34.2 Å². The van der Waals surface area contributed by atoms with Crippen molar-refractivity contribution < 1.29 is 28.7 Å². The van der Waals surface area contributed by atoms with E-state index in [0.717, 1.165) is 142 Å². The van der Waals surface area contributed by atoms with Crippen LogP contribution in [0.5, 0.6) is 0 Å². The molecule has 0 aliphatic carbocycles. The zero-order valence-corrected chi connectivity index (χ0v) is 39.8. The monoisotopic (exact) mass is 924 g/mol. The molecule has 0 bridgehead atoms. The predicted octanol–water partition coefficient (Wildman–Crippen LogP) is 5.34. The molecule has 3 aromatic carbocycles. The highest BCUT2D eigenvalue weighted by atomic mass is 16.5. The minimum absolute atomic E-state index is 0.0941. The molecule has 0 saturated carbocycles. The Bertz CT molecular complexity index is 2640. The molecule has 1 unspecified atom stereocenters. The van der Waals surface area contributed by atoms with Crippen LogP contribution in [0.15, 0.2) is 65.5 Å². The molecule has 4 aromatic rings. The number of ether oxygens (including phenoxy) is 1. The lowest BCUT2D eigenvalue weighted by atomic mass is 9.94. The fraction of sp³-hybridized carbons (Fsp3) is 0.472. The third kappa shape index (κ3) is 9.88. The number of nitrogens with zero attached hydrogens (tertiary/aromatic N) is 5. The topological polar surface area (TPSA) is 168 Å². The number of H-pyrrole nitrogens is 1. The van der Waals surface area contributed by atoms with Crippen LogP contribution < -0.4 is 26.0 Å². The van der Waals surface area contributed by atoms with E-state index in [4.69, 9.17) is 4.74 Å². The van der Waals surface area contributed by atoms with E-state index in [1.165, 1.54) is 5.56 Å². The van der Waals surface area contributed by atoms with Crippen LogP contribution in [-0.2, 0) is 27.4 Å². The number of amides is 5. The normalized spacial score (nSPS) is 19.9. The number of hydrogen-bond donors (Lipinski definition) is 3. The number of piperazine rings is 1. The van der Waals surface area contributed by atoms with Crippen LogP contribution in [0.1, 0.15) is 104 Å². The molecule has 5 aliphatic rings. The molecule has 0 radical (unpaired) electrons. The Labute approximate surface area is 398 Å². The minimum Gasteiger partial charge on any atom is -0.381 e. The number of carbonyl (C=O) groups is 5. The SMILES string of the molecule is CCN(c1cc(-c2ccc(CN3CCN(CC4CCN(c5ccc6c(c5)C(=O)N(C5CCC(=O)NC5=O)C6=O)CC4)CC3)cc2)cc(C(=O)NCc2c(C)cc(C)[nH]c2=O)c1C)C1CCOCC1. The van der Waals surface area contributed by atoms with Crippen LogP contribution in [0.4, 0.5) is 11.4 Å². The third-order valence-corrected chi connectivity index (χ3v) is 14.9. The highest BCUT2D eigenvalue weighted by Gasteiger charge is 2.45. The smallest absolute Gasteiger partial charge is 0.262 e. The van der Waals surface area contributed by atoms with Crippen molar-refractivity contribution in [3.8, 4) is 11.1 Å². The zero-order valence-electron chi connectivity index (χ0n) is 39.8. The van der Waals surface area contributed by atoms with Gasteiger partial charge in [0, 0.05) is 119 Å². The van der Waals surface area contributed by atoms with Gasteiger partial charge in [-0.3, -0.25) is 43.9 Å². The Morgan fingerprint density at radius 3 is 2.18 bits per heavy atom. The van der Waals surface area contributed by atoms with Gasteiger partial charge < -0.3 is 29.7 Å². The van der Waals surface area contributed by atoms with Crippen molar-refractivity contribution in [3.05, 3.63) is 116 Å². The number of fused-ring (bicyclic) bond motifs is 1. The molecule has 3 N–H and O–H groups in total. The van der Waals surface area contributed by atoms with Gasteiger partial charge in [0.15, 0.2) is 0 Å². The highest BCUT2D eigenvalue weighted by molar-refractivity contribution is 6.23. The van der Waals surface area contributed by atoms with Crippen LogP contribution in [-0.4, -0.2) is 127 Å². The molecule has 358 valence electrons. The molecule has 1 aromatic heterocycles. The second-order valence-electron chi connectivity index (χ2n) is 19.3. The van der Waals surface area contributed by atoms with Gasteiger partial charge in [-0.2, -0.15) is 0 Å². The zero-order chi connectivity index (χ0) is 47.6. The number of hydrogen-bond acceptors (Lipinski definition) is 11. The first kappa shape index (κ1) is 46.9. The summed E-state index contributed by atoms with van der Waals surface area (Å²) < 4.78 is 5.71. The first-order valence-electron chi connectivity index (χ1n) is 24.5. The molecule has 5 aliphatic heterocycles. The summed E-state index contributed by atoms with van der Waals surface area (Å²) in [4.78, 5) is 91.3. The van der Waals surface area contributed by atoms with Gasteiger partial charge in [0.05, 0.1) is 11.1 Å². The third-order valence-electron chi connectivity index (χ3n) is 14.9. The maximum Gasteiger partial charge on any atom is 0.262 e. The molecule has 4 saturated heterocycles. The van der Waals surface area contributed by atoms with Gasteiger partial charge in [-0.15, -0.1) is 0 Å². The molecule has 15 nitrogen and oxygen atoms in total. The summed E-state index contributed by atoms with van der Waals surface area (Å²) in [7, 11) is 0. The standard InChI is InChI=1S/C53H64N8O7/c1-5-60(40-16-24-68-25-17-40)47-28-39(27-43(35(47)4)49(63)54-30-45-33(2)26-34(3)55-50(45)64)38-8-6-36(7-9-38)31-57-20-22-58(23-21-57)32-37-14-18-59(19-15-37)41-10-11-42-44(29-41)53(67)61(52(42)66)46-12-13-48(62)56-51(46)65/h6-11,26-29,37,40,46H,5,12-25,30-32H2,1-4H3,(H,54,63)(H,55,64)(H,56,62,65). The van der Waals surface area contributed by atoms with Crippen molar-refractivity contribution in [2.24, 2.45) is 5.92 Å². The number of imide groups is 2. The first-order valence-corrected chi connectivity index (χ1v) is 24.5. The molecule has 4 fully saturated rings. The van der Waals surface area contributed by atoms with Crippen molar-refractivity contribution in [3.63, 3.8) is 0 Å². The summed E-state index contributed by atoms with van der Waals surface area (Å²) >= 11 is 0. The lowest BCUT2D eigenvalue weighted by Gasteiger charge is -2.39. The summed E-state index contributed by atoms with van der Waals surface area (Å²) in [6.07, 6.45) is 4.17. The number of aryl methyl sites for hydroxylation is 2. The average molecular weight is 925 g/mol. The summed E-state index contributed by atoms with van der Waals surface area (Å²) in [5.74, 6) is -1.58. The van der Waals surface area contributed by atoms with Crippen LogP contribution in [0, 0.1) is 26.7 Å². The highest BCUT2D eigenvalue weighted by Crippen LogP contribution is 2.35. The number of aromatic amines is 1. The van der Waals surface area contributed by atoms with E-state index in [-0.39, 0.29) is 36.8 Å². The summed E-state index contributed by atoms with van der Waals surface area (Å²) in [6, 6.07) is 19.6. The Morgan fingerprint density at radius 2 is 1.49 bits per heavy atom. The van der Waals surface area contributed by atoms with E-state index < -0.39 is 23.8 Å². The van der Waals surface area contributed by atoms with Crippen molar-refractivity contribution in [2.75, 3.05) is 75.4 Å². The molecule has 68 heavy (non-hydrogen) atoms. The predicted molar refractivity (Wildman–Crippen MR) is 261 cm³/mol. The number of aromatic nitrogens is 1. The number of rotatable bonds is 13. The molecular formula is C53H64N8O7. The van der Waals surface area contributed by atoms with Crippen molar-refractivity contribution in [1.29, 1.82) is 0 Å². The van der Waals surface area contributed by atoms with Crippen molar-refractivity contribution >= 4 is 40.9 Å². The Morgan fingerprint density at radius 1 is 0.779 bits per heavy atom. The Balaban J connectivity index is 0.792. The van der Waals surface area contributed by atoms with E-state index in [1.54, 1.807) is 12.1 Å². The van der Waals surface area contributed by atoms with Gasteiger partial charge in [0.25, 0.3) is 23.3 Å². The fourth-order valence-electron chi connectivity index (χ4n) is 11.0. The summed E-state index contributed by atoms with van der Waals surface area (Å²) in [5.41, 5.74) is 9.41. The van der Waals surface area contributed by atoms with Crippen LogP contribution in [0.25, 0.3) is 11.1 Å². The van der Waals surface area contributed by atoms with Gasteiger partial charge in [0.2, 0.25) is 11.8 Å². The maximum atomic E-state index is 14.0. The van der Waals surface area contributed by atoms with E-state index >= 15 is 0 Å². The lowest BCUT2D eigenvalue weighted by molar-refractivity contribution is -0.136. The van der Waals surface area contributed by atoms with Crippen LogP contribution >= 0.6 is 0 Å². The molecule has 15 heteroatoms. The largest absolute Gasteiger partial charge is 0.381 e. The first-order chi connectivity index (χ1) is 32.8. The second-order valence-corrected chi connectivity index (χ2v) is 19.3. The molecule has 6 heterocycles. The number of carbonyl (C=O) groups excluding carboxylic acids is 5. The number of anilines is 2.